The molecule has 0 saturated carbocycles. The van der Waals surface area contributed by atoms with Crippen molar-refractivity contribution >= 4 is 25.7 Å². The molecule has 0 rings (SSSR count). The Hall–Kier alpha value is 0.0769. The van der Waals surface area contributed by atoms with Crippen molar-refractivity contribution in [3.8, 4) is 0 Å². The number of rotatable bonds is 16. The second-order valence-electron chi connectivity index (χ2n) is 5.28. The highest BCUT2D eigenvalue weighted by molar-refractivity contribution is 8.13. The summed E-state index contributed by atoms with van der Waals surface area (Å²) >= 11 is 1.31. The van der Waals surface area contributed by atoms with Gasteiger partial charge in [-0.1, -0.05) is 38.5 Å². The van der Waals surface area contributed by atoms with Gasteiger partial charge >= 0.3 is 8.80 Å². The molecule has 0 unspecified atom stereocenters. The summed E-state index contributed by atoms with van der Waals surface area (Å²) in [5, 5.41) is 0.0648. The number of hydrogen-bond donors (Lipinski definition) is 0. The summed E-state index contributed by atoms with van der Waals surface area (Å²) in [6.45, 7) is 8.39. The minimum absolute atomic E-state index is 0.0648. The molecule has 0 aromatic carbocycles. The fraction of sp³-hybridized carbons (Fsp3) is 0.938. The van der Waals surface area contributed by atoms with E-state index in [1.807, 2.05) is 6.92 Å². The minimum atomic E-state index is -2.62. The molecule has 0 spiro atoms. The van der Waals surface area contributed by atoms with Crippen LogP contribution in [0.5, 0.6) is 0 Å². The van der Waals surface area contributed by atoms with Crippen LogP contribution in [0.25, 0.3) is 0 Å². The van der Waals surface area contributed by atoms with E-state index in [1.54, 1.807) is 0 Å². The molecule has 0 saturated heterocycles. The van der Waals surface area contributed by atoms with Gasteiger partial charge in [-0.15, -0.1) is 0 Å². The van der Waals surface area contributed by atoms with Crippen molar-refractivity contribution in [1.29, 1.82) is 0 Å². The standard InChI is InChI=1S/C16H34O5SSi/c1-5-8-11-20-23(19-7-3,21-12-9-6-2)14-10-13-22-16(17)15-18-4/h5-15H2,1-4H3. The number of carbonyl (C=O) groups is 1. The van der Waals surface area contributed by atoms with Crippen LogP contribution in [0.4, 0.5) is 0 Å². The summed E-state index contributed by atoms with van der Waals surface area (Å²) in [5.41, 5.74) is 0. The fourth-order valence-electron chi connectivity index (χ4n) is 1.94. The Morgan fingerprint density at radius 1 is 0.957 bits per heavy atom. The second-order valence-corrected chi connectivity index (χ2v) is 9.16. The number of unbranched alkanes of at least 4 members (excludes halogenated alkanes) is 2. The molecule has 0 heterocycles. The monoisotopic (exact) mass is 366 g/mol. The van der Waals surface area contributed by atoms with Crippen LogP contribution in [0.2, 0.25) is 6.04 Å². The van der Waals surface area contributed by atoms with Gasteiger partial charge in [0.1, 0.15) is 6.61 Å². The SMILES string of the molecule is CCCCO[Si](CCCSC(=O)COC)(OCC)OCCCC. The summed E-state index contributed by atoms with van der Waals surface area (Å²) in [5.74, 6) is 0.748. The van der Waals surface area contributed by atoms with E-state index in [0.29, 0.717) is 19.8 Å². The smallest absolute Gasteiger partial charge is 0.376 e. The Bertz CT molecular complexity index is 282. The highest BCUT2D eigenvalue weighted by atomic mass is 32.2. The van der Waals surface area contributed by atoms with Gasteiger partial charge in [0.25, 0.3) is 0 Å². The van der Waals surface area contributed by atoms with Crippen LogP contribution < -0.4 is 0 Å². The average Bonchev–Trinajstić information content (AvgIpc) is 2.53. The number of methoxy groups -OCH3 is 1. The zero-order valence-corrected chi connectivity index (χ0v) is 17.0. The molecule has 5 nitrogen and oxygen atoms in total. The van der Waals surface area contributed by atoms with Crippen molar-refractivity contribution in [3.05, 3.63) is 0 Å². The van der Waals surface area contributed by atoms with Gasteiger partial charge in [-0.25, -0.2) is 0 Å². The molecular formula is C16H34O5SSi. The zero-order valence-electron chi connectivity index (χ0n) is 15.2. The summed E-state index contributed by atoms with van der Waals surface area (Å²) in [7, 11) is -1.08. The highest BCUT2D eigenvalue weighted by Crippen LogP contribution is 2.21. The van der Waals surface area contributed by atoms with Crippen molar-refractivity contribution in [3.63, 3.8) is 0 Å². The molecule has 0 aliphatic rings. The van der Waals surface area contributed by atoms with Crippen molar-refractivity contribution in [2.24, 2.45) is 0 Å². The number of ether oxygens (including phenoxy) is 1. The van der Waals surface area contributed by atoms with Gasteiger partial charge in [0.15, 0.2) is 0 Å². The Labute approximate surface area is 147 Å². The molecule has 0 bridgehead atoms. The van der Waals surface area contributed by atoms with Gasteiger partial charge in [-0.05, 0) is 26.2 Å². The maximum absolute atomic E-state index is 11.5. The first kappa shape index (κ1) is 23.1. The first-order chi connectivity index (χ1) is 11.1. The van der Waals surface area contributed by atoms with Crippen LogP contribution in [0.1, 0.15) is 52.9 Å². The molecule has 7 heteroatoms. The molecular weight excluding hydrogens is 332 g/mol. The normalized spacial score (nSPS) is 11.8. The van der Waals surface area contributed by atoms with Crippen molar-refractivity contribution in [2.75, 3.05) is 39.3 Å². The predicted octanol–water partition coefficient (Wildman–Crippen LogP) is 3.89. The maximum Gasteiger partial charge on any atom is 0.500 e. The number of thioether (sulfide) groups is 1. The van der Waals surface area contributed by atoms with E-state index in [-0.39, 0.29) is 11.7 Å². The van der Waals surface area contributed by atoms with Gasteiger partial charge in [0.05, 0.1) is 0 Å². The summed E-state index contributed by atoms with van der Waals surface area (Å²) in [6.07, 6.45) is 5.06. The molecule has 0 aliphatic carbocycles. The van der Waals surface area contributed by atoms with E-state index in [1.165, 1.54) is 18.9 Å². The van der Waals surface area contributed by atoms with E-state index in [4.69, 9.17) is 18.0 Å². The van der Waals surface area contributed by atoms with Crippen LogP contribution >= 0.6 is 11.8 Å². The third kappa shape index (κ3) is 12.1. The quantitative estimate of drug-likeness (QED) is 0.305. The zero-order chi connectivity index (χ0) is 17.4. The van der Waals surface area contributed by atoms with Crippen molar-refractivity contribution in [2.45, 2.75) is 58.9 Å². The van der Waals surface area contributed by atoms with Crippen molar-refractivity contribution in [1.82, 2.24) is 0 Å². The lowest BCUT2D eigenvalue weighted by Gasteiger charge is -2.29. The Balaban J connectivity index is 4.42. The fourth-order valence-corrected chi connectivity index (χ4v) is 5.56. The summed E-state index contributed by atoms with van der Waals surface area (Å²) in [4.78, 5) is 11.5. The molecule has 0 N–H and O–H groups in total. The Morgan fingerprint density at radius 2 is 1.57 bits per heavy atom. The predicted molar refractivity (Wildman–Crippen MR) is 97.9 cm³/mol. The van der Waals surface area contributed by atoms with E-state index >= 15 is 0 Å². The molecule has 0 amide bonds. The third-order valence-corrected chi connectivity index (χ3v) is 7.07. The maximum atomic E-state index is 11.5. The van der Waals surface area contributed by atoms with E-state index in [2.05, 4.69) is 13.8 Å². The van der Waals surface area contributed by atoms with Crippen LogP contribution in [-0.4, -0.2) is 53.2 Å². The van der Waals surface area contributed by atoms with Crippen molar-refractivity contribution < 1.29 is 22.8 Å². The number of carbonyl (C=O) groups excluding carboxylic acids is 1. The van der Waals surface area contributed by atoms with Gasteiger partial charge in [0.2, 0.25) is 5.12 Å². The topological polar surface area (TPSA) is 54.0 Å². The second kappa shape index (κ2) is 15.6. The number of hydrogen-bond acceptors (Lipinski definition) is 6. The van der Waals surface area contributed by atoms with Gasteiger partial charge < -0.3 is 18.0 Å². The molecule has 0 aromatic heterocycles. The van der Waals surface area contributed by atoms with Gasteiger partial charge in [-0.2, -0.15) is 0 Å². The van der Waals surface area contributed by atoms with Crippen LogP contribution in [0.15, 0.2) is 0 Å². The highest BCUT2D eigenvalue weighted by Gasteiger charge is 2.40. The minimum Gasteiger partial charge on any atom is -0.376 e. The molecule has 0 atom stereocenters. The molecule has 0 aliphatic heterocycles. The molecule has 0 aromatic rings. The average molecular weight is 367 g/mol. The van der Waals surface area contributed by atoms with E-state index in [9.17, 15) is 4.79 Å². The molecule has 23 heavy (non-hydrogen) atoms. The molecule has 0 radical (unpaired) electrons. The first-order valence-electron chi connectivity index (χ1n) is 8.70. The van der Waals surface area contributed by atoms with E-state index in [0.717, 1.165) is 43.9 Å². The molecule has 138 valence electrons. The summed E-state index contributed by atoms with van der Waals surface area (Å²) < 4.78 is 23.0. The van der Waals surface area contributed by atoms with Crippen LogP contribution in [-0.2, 0) is 22.8 Å². The van der Waals surface area contributed by atoms with Gasteiger partial charge in [-0.3, -0.25) is 4.79 Å². The van der Waals surface area contributed by atoms with Gasteiger partial charge in [0, 0.05) is 38.7 Å². The first-order valence-corrected chi connectivity index (χ1v) is 11.6. The van der Waals surface area contributed by atoms with E-state index < -0.39 is 8.80 Å². The Kier molecular flexibility index (Phi) is 15.6. The largest absolute Gasteiger partial charge is 0.500 e. The lowest BCUT2D eigenvalue weighted by molar-refractivity contribution is -0.114. The summed E-state index contributed by atoms with van der Waals surface area (Å²) in [6, 6.07) is 0.765. The molecule has 0 fully saturated rings. The van der Waals surface area contributed by atoms with Crippen LogP contribution in [0.3, 0.4) is 0 Å². The third-order valence-electron chi connectivity index (χ3n) is 3.16. The van der Waals surface area contributed by atoms with Crippen LogP contribution in [0, 0.1) is 0 Å². The lowest BCUT2D eigenvalue weighted by atomic mass is 10.4. The lowest BCUT2D eigenvalue weighted by Crippen LogP contribution is -2.46. The Morgan fingerprint density at radius 3 is 2.04 bits per heavy atom.